The first-order valence-electron chi connectivity index (χ1n) is 5.16. The minimum absolute atomic E-state index is 0.358. The molecule has 1 aromatic rings. The van der Waals surface area contributed by atoms with Gasteiger partial charge in [-0.15, -0.1) is 6.58 Å². The summed E-state index contributed by atoms with van der Waals surface area (Å²) in [5.74, 6) is 0.899. The summed E-state index contributed by atoms with van der Waals surface area (Å²) in [6.07, 6.45) is 2.42. The van der Waals surface area contributed by atoms with Crippen molar-refractivity contribution in [2.75, 3.05) is 14.2 Å². The van der Waals surface area contributed by atoms with Crippen LogP contribution in [0.4, 0.5) is 0 Å². The molecule has 0 atom stereocenters. The number of benzene rings is 1. The van der Waals surface area contributed by atoms with E-state index >= 15 is 0 Å². The molecule has 0 unspecified atom stereocenters. The van der Waals surface area contributed by atoms with E-state index < -0.39 is 5.97 Å². The minimum Gasteiger partial charge on any atom is -0.493 e. The van der Waals surface area contributed by atoms with Crippen LogP contribution in [0.1, 0.15) is 12.5 Å². The molecule has 0 saturated carbocycles. The molecule has 4 heteroatoms. The van der Waals surface area contributed by atoms with Gasteiger partial charge in [0.1, 0.15) is 0 Å². The van der Waals surface area contributed by atoms with E-state index in [2.05, 4.69) is 6.58 Å². The molecule has 0 aliphatic heterocycles. The fourth-order valence-electron chi connectivity index (χ4n) is 1.50. The number of carbonyl (C=O) groups excluding carboxylic acids is 1. The highest BCUT2D eigenvalue weighted by Crippen LogP contribution is 2.38. The first-order valence-corrected chi connectivity index (χ1v) is 5.16. The SMILES string of the molecule is C=CCc1cc(OC)c(OC)c(OC(C)=O)c1. The standard InChI is InChI=1S/C13H16O4/c1-5-6-10-7-11(15-3)13(16-4)12(8-10)17-9(2)14/h5,7-8H,1,6H2,2-4H3. The predicted octanol–water partition coefficient (Wildman–Crippen LogP) is 2.36. The van der Waals surface area contributed by atoms with Gasteiger partial charge in [-0.2, -0.15) is 0 Å². The van der Waals surface area contributed by atoms with Gasteiger partial charge in [0, 0.05) is 6.92 Å². The Labute approximate surface area is 101 Å². The van der Waals surface area contributed by atoms with E-state index in [4.69, 9.17) is 14.2 Å². The predicted molar refractivity (Wildman–Crippen MR) is 64.8 cm³/mol. The van der Waals surface area contributed by atoms with E-state index in [1.807, 2.05) is 6.07 Å². The normalized spacial score (nSPS) is 9.59. The third kappa shape index (κ3) is 3.24. The fourth-order valence-corrected chi connectivity index (χ4v) is 1.50. The number of esters is 1. The van der Waals surface area contributed by atoms with Gasteiger partial charge in [-0.05, 0) is 24.1 Å². The van der Waals surface area contributed by atoms with Crippen LogP contribution in [-0.4, -0.2) is 20.2 Å². The lowest BCUT2D eigenvalue weighted by molar-refractivity contribution is -0.132. The average Bonchev–Trinajstić information content (AvgIpc) is 2.28. The molecule has 0 bridgehead atoms. The van der Waals surface area contributed by atoms with E-state index in [0.29, 0.717) is 23.7 Å². The van der Waals surface area contributed by atoms with Crippen molar-refractivity contribution in [3.63, 3.8) is 0 Å². The third-order valence-corrected chi connectivity index (χ3v) is 2.14. The second-order valence-electron chi connectivity index (χ2n) is 3.42. The lowest BCUT2D eigenvalue weighted by Gasteiger charge is -2.13. The number of hydrogen-bond acceptors (Lipinski definition) is 4. The van der Waals surface area contributed by atoms with Gasteiger partial charge in [0.25, 0.3) is 0 Å². The Morgan fingerprint density at radius 3 is 2.41 bits per heavy atom. The van der Waals surface area contributed by atoms with Crippen LogP contribution >= 0.6 is 0 Å². The smallest absolute Gasteiger partial charge is 0.308 e. The second kappa shape index (κ2) is 5.94. The highest BCUT2D eigenvalue weighted by molar-refractivity contribution is 5.71. The third-order valence-electron chi connectivity index (χ3n) is 2.14. The second-order valence-corrected chi connectivity index (χ2v) is 3.42. The van der Waals surface area contributed by atoms with Crippen LogP contribution in [0, 0.1) is 0 Å². The van der Waals surface area contributed by atoms with Crippen LogP contribution in [0.5, 0.6) is 17.2 Å². The summed E-state index contributed by atoms with van der Waals surface area (Å²) in [7, 11) is 3.03. The maximum atomic E-state index is 11.0. The van der Waals surface area contributed by atoms with Crippen molar-refractivity contribution >= 4 is 5.97 Å². The molecule has 0 heterocycles. The molecule has 0 radical (unpaired) electrons. The molecule has 0 aliphatic rings. The molecule has 0 spiro atoms. The van der Waals surface area contributed by atoms with Crippen molar-refractivity contribution in [3.8, 4) is 17.2 Å². The first-order chi connectivity index (χ1) is 8.12. The zero-order valence-corrected chi connectivity index (χ0v) is 10.3. The lowest BCUT2D eigenvalue weighted by atomic mass is 10.1. The minimum atomic E-state index is -0.402. The van der Waals surface area contributed by atoms with Crippen molar-refractivity contribution in [1.82, 2.24) is 0 Å². The maximum Gasteiger partial charge on any atom is 0.308 e. The van der Waals surface area contributed by atoms with Crippen LogP contribution in [0.2, 0.25) is 0 Å². The van der Waals surface area contributed by atoms with Gasteiger partial charge in [0.15, 0.2) is 11.5 Å². The molecule has 0 N–H and O–H groups in total. The summed E-state index contributed by atoms with van der Waals surface area (Å²) >= 11 is 0. The van der Waals surface area contributed by atoms with E-state index in [0.717, 1.165) is 5.56 Å². The van der Waals surface area contributed by atoms with Crippen molar-refractivity contribution in [2.24, 2.45) is 0 Å². The lowest BCUT2D eigenvalue weighted by Crippen LogP contribution is -2.04. The van der Waals surface area contributed by atoms with Gasteiger partial charge in [-0.25, -0.2) is 0 Å². The van der Waals surface area contributed by atoms with Crippen molar-refractivity contribution < 1.29 is 19.0 Å². The van der Waals surface area contributed by atoms with E-state index in [1.165, 1.54) is 21.1 Å². The van der Waals surface area contributed by atoms with Gasteiger partial charge in [-0.3, -0.25) is 4.79 Å². The van der Waals surface area contributed by atoms with Crippen LogP contribution in [0.15, 0.2) is 24.8 Å². The van der Waals surface area contributed by atoms with E-state index in [-0.39, 0.29) is 0 Å². The Morgan fingerprint density at radius 1 is 1.29 bits per heavy atom. The number of ether oxygens (including phenoxy) is 3. The molecule has 0 amide bonds. The van der Waals surface area contributed by atoms with Crippen molar-refractivity contribution in [2.45, 2.75) is 13.3 Å². The highest BCUT2D eigenvalue weighted by Gasteiger charge is 2.14. The maximum absolute atomic E-state index is 11.0. The summed E-state index contributed by atoms with van der Waals surface area (Å²) in [4.78, 5) is 11.0. The van der Waals surface area contributed by atoms with Gasteiger partial charge in [0.05, 0.1) is 14.2 Å². The van der Waals surface area contributed by atoms with Gasteiger partial charge >= 0.3 is 5.97 Å². The Balaban J connectivity index is 3.25. The van der Waals surface area contributed by atoms with Crippen molar-refractivity contribution in [3.05, 3.63) is 30.4 Å². The molecular formula is C13H16O4. The monoisotopic (exact) mass is 236 g/mol. The Morgan fingerprint density at radius 2 is 1.94 bits per heavy atom. The summed E-state index contributed by atoms with van der Waals surface area (Å²) in [6.45, 7) is 5.00. The topological polar surface area (TPSA) is 44.8 Å². The fraction of sp³-hybridized carbons (Fsp3) is 0.308. The van der Waals surface area contributed by atoms with Crippen LogP contribution in [-0.2, 0) is 11.2 Å². The molecule has 0 saturated heterocycles. The number of rotatable bonds is 5. The summed E-state index contributed by atoms with van der Waals surface area (Å²) in [5, 5.41) is 0. The van der Waals surface area contributed by atoms with Gasteiger partial charge in [0.2, 0.25) is 5.75 Å². The first kappa shape index (κ1) is 13.1. The highest BCUT2D eigenvalue weighted by atomic mass is 16.6. The molecule has 0 aliphatic carbocycles. The van der Waals surface area contributed by atoms with Gasteiger partial charge < -0.3 is 14.2 Å². The Bertz CT molecular complexity index is 424. The number of hydrogen-bond donors (Lipinski definition) is 0. The van der Waals surface area contributed by atoms with Gasteiger partial charge in [-0.1, -0.05) is 6.08 Å². The number of carbonyl (C=O) groups is 1. The molecule has 0 fully saturated rings. The van der Waals surface area contributed by atoms with Crippen LogP contribution in [0.25, 0.3) is 0 Å². The molecule has 92 valence electrons. The zero-order chi connectivity index (χ0) is 12.8. The molecule has 1 rings (SSSR count). The molecule has 4 nitrogen and oxygen atoms in total. The van der Waals surface area contributed by atoms with E-state index in [9.17, 15) is 4.79 Å². The molecule has 1 aromatic carbocycles. The largest absolute Gasteiger partial charge is 0.493 e. The zero-order valence-electron chi connectivity index (χ0n) is 10.3. The quantitative estimate of drug-likeness (QED) is 0.447. The van der Waals surface area contributed by atoms with Crippen LogP contribution < -0.4 is 14.2 Å². The number of allylic oxidation sites excluding steroid dienone is 1. The average molecular weight is 236 g/mol. The summed E-state index contributed by atoms with van der Waals surface area (Å²) in [5.41, 5.74) is 0.939. The summed E-state index contributed by atoms with van der Waals surface area (Å²) < 4.78 is 15.5. The van der Waals surface area contributed by atoms with E-state index in [1.54, 1.807) is 12.1 Å². The summed E-state index contributed by atoms with van der Waals surface area (Å²) in [6, 6.07) is 3.57. The number of methoxy groups -OCH3 is 2. The Hall–Kier alpha value is -1.97. The molecule has 17 heavy (non-hydrogen) atoms. The van der Waals surface area contributed by atoms with Crippen molar-refractivity contribution in [1.29, 1.82) is 0 Å². The van der Waals surface area contributed by atoms with Crippen LogP contribution in [0.3, 0.4) is 0 Å². The molecular weight excluding hydrogens is 220 g/mol. The molecule has 0 aromatic heterocycles. The Kier molecular flexibility index (Phi) is 4.57.